The first-order chi connectivity index (χ1) is 19.3. The molecule has 2 amide bonds. The fraction of sp³-hybridized carbons (Fsp3) is 0.286. The second kappa shape index (κ2) is 11.2. The number of anilines is 5. The zero-order valence-corrected chi connectivity index (χ0v) is 22.5. The summed E-state index contributed by atoms with van der Waals surface area (Å²) < 4.78 is 20.0. The third kappa shape index (κ3) is 5.25. The van der Waals surface area contributed by atoms with Crippen LogP contribution in [-0.2, 0) is 11.2 Å². The number of carbonyl (C=O) groups excluding carboxylic acids is 2. The van der Waals surface area contributed by atoms with E-state index >= 15 is 0 Å². The van der Waals surface area contributed by atoms with Gasteiger partial charge in [0.15, 0.2) is 0 Å². The van der Waals surface area contributed by atoms with Gasteiger partial charge in [0.25, 0.3) is 5.91 Å². The normalized spacial score (nSPS) is 12.6. The Labute approximate surface area is 230 Å². The maximum absolute atomic E-state index is 14.4. The fourth-order valence-electron chi connectivity index (χ4n) is 4.94. The molecule has 2 aromatic carbocycles. The van der Waals surface area contributed by atoms with E-state index in [1.54, 1.807) is 30.3 Å². The Balaban J connectivity index is 1.48. The second-order valence-corrected chi connectivity index (χ2v) is 9.63. The molecule has 208 valence electrons. The van der Waals surface area contributed by atoms with Gasteiger partial charge in [0.2, 0.25) is 11.9 Å². The standard InChI is InChI=1S/C28H31FN8O3/c1-4-11-36(2)15-23(38)37-12-9-16-13-22(40-3)20(14-21(16)37)33-28-34-26-17(8-10-31-26)27(35-28)32-19-7-5-6-18(29)24(19)25(30)39/h5-8,10,13-14H,4,9,11-12,15H2,1-3H3,(H2,30,39)(H3,31,32,33,34,35). The molecule has 0 atom stereocenters. The summed E-state index contributed by atoms with van der Waals surface area (Å²) in [5.41, 5.74) is 8.39. The predicted octanol–water partition coefficient (Wildman–Crippen LogP) is 3.87. The molecule has 0 radical (unpaired) electrons. The number of nitrogens with two attached hydrogens (primary N) is 1. The highest BCUT2D eigenvalue weighted by Gasteiger charge is 2.27. The Kier molecular flexibility index (Phi) is 7.52. The van der Waals surface area contributed by atoms with Gasteiger partial charge in [-0.25, -0.2) is 9.37 Å². The molecule has 0 saturated carbocycles. The van der Waals surface area contributed by atoms with Crippen LogP contribution in [0.15, 0.2) is 42.6 Å². The molecule has 0 aliphatic carbocycles. The van der Waals surface area contributed by atoms with Gasteiger partial charge >= 0.3 is 0 Å². The lowest BCUT2D eigenvalue weighted by molar-refractivity contribution is -0.119. The first kappa shape index (κ1) is 26.9. The Morgan fingerprint density at radius 3 is 2.80 bits per heavy atom. The van der Waals surface area contributed by atoms with E-state index in [2.05, 4.69) is 32.5 Å². The number of H-pyrrole nitrogens is 1. The highest BCUT2D eigenvalue weighted by molar-refractivity contribution is 6.00. The number of halogens is 1. The molecule has 5 N–H and O–H groups in total. The molecule has 12 heteroatoms. The van der Waals surface area contributed by atoms with Crippen molar-refractivity contribution < 1.29 is 18.7 Å². The third-order valence-electron chi connectivity index (χ3n) is 6.79. The molecule has 2 aromatic rings. The zero-order chi connectivity index (χ0) is 28.4. The van der Waals surface area contributed by atoms with E-state index in [4.69, 9.17) is 10.5 Å². The quantitative estimate of drug-likeness (QED) is 0.235. The van der Waals surface area contributed by atoms with Crippen LogP contribution in [0.2, 0.25) is 0 Å². The van der Waals surface area contributed by atoms with Crippen molar-refractivity contribution in [3.63, 3.8) is 0 Å². The van der Waals surface area contributed by atoms with Crippen molar-refractivity contribution >= 4 is 40.6 Å². The summed E-state index contributed by atoms with van der Waals surface area (Å²) in [6.45, 7) is 3.85. The van der Waals surface area contributed by atoms with E-state index in [1.807, 2.05) is 24.1 Å². The SMILES string of the molecule is CCCN(C)CC(=O)N1CCc2cc(OC)c(Nc3nc(Nc4cccc(F)c4C(N)=O)c4ccnc-4[nH]3)cc21. The van der Waals surface area contributed by atoms with Crippen LogP contribution >= 0.6 is 0 Å². The summed E-state index contributed by atoms with van der Waals surface area (Å²) in [6, 6.07) is 9.72. The number of methoxy groups -OCH3 is 1. The third-order valence-corrected chi connectivity index (χ3v) is 6.79. The molecule has 11 nitrogen and oxygen atoms in total. The number of hydrogen-bond acceptors (Lipinski definition) is 8. The second-order valence-electron chi connectivity index (χ2n) is 9.63. The molecule has 0 saturated heterocycles. The molecule has 0 bridgehead atoms. The molecule has 5 rings (SSSR count). The molecule has 0 aromatic heterocycles. The number of primary amides is 1. The predicted molar refractivity (Wildman–Crippen MR) is 151 cm³/mol. The van der Waals surface area contributed by atoms with Gasteiger partial charge in [0.1, 0.15) is 23.2 Å². The van der Waals surface area contributed by atoms with Crippen LogP contribution in [0, 0.1) is 5.82 Å². The Hall–Kier alpha value is -4.71. The van der Waals surface area contributed by atoms with Gasteiger partial charge in [-0.3, -0.25) is 14.5 Å². The largest absolute Gasteiger partial charge is 0.495 e. The van der Waals surface area contributed by atoms with Gasteiger partial charge in [0, 0.05) is 18.4 Å². The fourth-order valence-corrected chi connectivity index (χ4v) is 4.94. The number of amides is 2. The summed E-state index contributed by atoms with van der Waals surface area (Å²) in [6.07, 6.45) is 3.30. The van der Waals surface area contributed by atoms with Crippen molar-refractivity contribution in [1.29, 1.82) is 0 Å². The summed E-state index contributed by atoms with van der Waals surface area (Å²) in [7, 11) is 3.52. The molecule has 40 heavy (non-hydrogen) atoms. The van der Waals surface area contributed by atoms with Gasteiger partial charge in [-0.1, -0.05) is 13.0 Å². The van der Waals surface area contributed by atoms with Crippen LogP contribution in [0.25, 0.3) is 11.4 Å². The molecule has 3 aliphatic rings. The first-order valence-electron chi connectivity index (χ1n) is 13.0. The van der Waals surface area contributed by atoms with Crippen molar-refractivity contribution in [1.82, 2.24) is 19.9 Å². The molecule has 3 aliphatic heterocycles. The average molecular weight is 547 g/mol. The molecular formula is C28H31FN8O3. The van der Waals surface area contributed by atoms with Gasteiger partial charge in [-0.2, -0.15) is 4.98 Å². The molecule has 0 unspecified atom stereocenters. The van der Waals surface area contributed by atoms with Crippen LogP contribution in [0.5, 0.6) is 5.75 Å². The number of benzene rings is 2. The van der Waals surface area contributed by atoms with Crippen molar-refractivity contribution in [3.8, 4) is 17.1 Å². The smallest absolute Gasteiger partial charge is 0.253 e. The minimum atomic E-state index is -0.902. The topological polar surface area (TPSA) is 142 Å². The van der Waals surface area contributed by atoms with Crippen LogP contribution in [0.1, 0.15) is 29.3 Å². The summed E-state index contributed by atoms with van der Waals surface area (Å²) >= 11 is 0. The van der Waals surface area contributed by atoms with Gasteiger partial charge in [-0.05, 0) is 62.3 Å². The highest BCUT2D eigenvalue weighted by Crippen LogP contribution is 2.39. The van der Waals surface area contributed by atoms with E-state index in [-0.39, 0.29) is 17.2 Å². The number of ether oxygens (including phenoxy) is 1. The molecule has 0 fully saturated rings. The van der Waals surface area contributed by atoms with Crippen molar-refractivity contribution in [2.24, 2.45) is 5.73 Å². The van der Waals surface area contributed by atoms with E-state index in [0.717, 1.165) is 30.6 Å². The first-order valence-corrected chi connectivity index (χ1v) is 13.0. The minimum Gasteiger partial charge on any atom is -0.495 e. The van der Waals surface area contributed by atoms with E-state index in [9.17, 15) is 14.0 Å². The number of hydrogen-bond donors (Lipinski definition) is 4. The average Bonchev–Trinajstić information content (AvgIpc) is 3.55. The van der Waals surface area contributed by atoms with Crippen LogP contribution in [-0.4, -0.2) is 65.5 Å². The van der Waals surface area contributed by atoms with E-state index in [1.165, 1.54) is 12.1 Å². The van der Waals surface area contributed by atoms with Gasteiger partial charge in [-0.15, -0.1) is 0 Å². The Morgan fingerprint density at radius 2 is 2.05 bits per heavy atom. The monoisotopic (exact) mass is 546 g/mol. The van der Waals surface area contributed by atoms with Gasteiger partial charge in [0.05, 0.1) is 36.2 Å². The van der Waals surface area contributed by atoms with Crippen molar-refractivity contribution in [3.05, 3.63) is 59.5 Å². The molecule has 3 heterocycles. The van der Waals surface area contributed by atoms with Crippen LogP contribution in [0.4, 0.5) is 33.2 Å². The molecule has 0 spiro atoms. The van der Waals surface area contributed by atoms with Crippen molar-refractivity contribution in [2.75, 3.05) is 49.3 Å². The summed E-state index contributed by atoms with van der Waals surface area (Å²) in [4.78, 5) is 41.0. The maximum atomic E-state index is 14.4. The lowest BCUT2D eigenvalue weighted by atomic mass is 10.1. The van der Waals surface area contributed by atoms with Crippen LogP contribution < -0.4 is 26.0 Å². The summed E-state index contributed by atoms with van der Waals surface area (Å²) in [5.74, 6) is 0.120. The number of carbonyl (C=O) groups is 2. The van der Waals surface area contributed by atoms with Crippen LogP contribution in [0.3, 0.4) is 0 Å². The lowest BCUT2D eigenvalue weighted by Crippen LogP contribution is -2.38. The van der Waals surface area contributed by atoms with Gasteiger partial charge < -0.3 is 31.0 Å². The zero-order valence-electron chi connectivity index (χ0n) is 22.5. The van der Waals surface area contributed by atoms with E-state index < -0.39 is 11.7 Å². The number of nitrogens with one attached hydrogen (secondary N) is 3. The molecular weight excluding hydrogens is 515 g/mol. The lowest BCUT2D eigenvalue weighted by Gasteiger charge is -2.23. The van der Waals surface area contributed by atoms with E-state index in [0.29, 0.717) is 47.7 Å². The number of aromatic nitrogens is 3. The number of rotatable bonds is 10. The van der Waals surface area contributed by atoms with Crippen molar-refractivity contribution in [2.45, 2.75) is 19.8 Å². The number of fused-ring (bicyclic) bond motifs is 2. The number of nitrogens with zero attached hydrogens (tertiary/aromatic N) is 4. The summed E-state index contributed by atoms with van der Waals surface area (Å²) in [5, 5.41) is 6.27. The highest BCUT2D eigenvalue weighted by atomic mass is 19.1. The number of aromatic amines is 1. The maximum Gasteiger partial charge on any atom is 0.253 e. The Bertz CT molecular complexity index is 1540. The number of likely N-dealkylation sites (N-methyl/N-ethyl adjacent to an activating group) is 1. The minimum absolute atomic E-state index is 0.0322. The Morgan fingerprint density at radius 1 is 1.23 bits per heavy atom.